The van der Waals surface area contributed by atoms with Gasteiger partial charge in [-0.15, -0.1) is 0 Å². The second-order valence-electron chi connectivity index (χ2n) is 7.16. The predicted molar refractivity (Wildman–Crippen MR) is 89.7 cm³/mol. The van der Waals surface area contributed by atoms with E-state index in [-0.39, 0.29) is 5.69 Å². The van der Waals surface area contributed by atoms with Gasteiger partial charge in [-0.25, -0.2) is 4.79 Å². The van der Waals surface area contributed by atoms with E-state index in [1.807, 2.05) is 0 Å². The molecule has 1 atom stereocenters. The number of aliphatic hydroxyl groups is 1. The van der Waals surface area contributed by atoms with Gasteiger partial charge in [-0.1, -0.05) is 12.5 Å². The highest BCUT2D eigenvalue weighted by atomic mass is 19.4. The Balaban J connectivity index is 1.72. The summed E-state index contributed by atoms with van der Waals surface area (Å²) in [5.41, 5.74) is -3.67. The zero-order valence-electron chi connectivity index (χ0n) is 14.8. The van der Waals surface area contributed by atoms with Gasteiger partial charge in [0.2, 0.25) is 5.91 Å². The number of ether oxygens (including phenoxy) is 1. The summed E-state index contributed by atoms with van der Waals surface area (Å²) in [6.07, 6.45) is -1.76. The minimum Gasteiger partial charge on any atom is -0.438 e. The molecule has 1 saturated heterocycles. The van der Waals surface area contributed by atoms with E-state index >= 15 is 0 Å². The monoisotopic (exact) mass is 386 g/mol. The second-order valence-corrected chi connectivity index (χ2v) is 7.16. The van der Waals surface area contributed by atoms with Gasteiger partial charge in [0.1, 0.15) is 6.54 Å². The lowest BCUT2D eigenvalue weighted by molar-refractivity contribution is -0.160. The zero-order valence-corrected chi connectivity index (χ0v) is 14.8. The number of benzene rings is 1. The van der Waals surface area contributed by atoms with Crippen LogP contribution in [0.15, 0.2) is 24.3 Å². The average molecular weight is 386 g/mol. The number of amides is 2. The molecule has 1 unspecified atom stereocenters. The lowest BCUT2D eigenvalue weighted by Crippen LogP contribution is -2.58. The van der Waals surface area contributed by atoms with Gasteiger partial charge < -0.3 is 15.2 Å². The fraction of sp³-hybridized carbons (Fsp3) is 0.556. The summed E-state index contributed by atoms with van der Waals surface area (Å²) < 4.78 is 43.8. The molecule has 27 heavy (non-hydrogen) atoms. The van der Waals surface area contributed by atoms with Gasteiger partial charge in [-0.3, -0.25) is 9.69 Å². The molecule has 1 aliphatic heterocycles. The minimum absolute atomic E-state index is 0.0468. The first-order valence-electron chi connectivity index (χ1n) is 8.75. The van der Waals surface area contributed by atoms with Crippen molar-refractivity contribution < 1.29 is 32.6 Å². The molecular weight excluding hydrogens is 365 g/mol. The normalized spacial score (nSPS) is 24.8. The van der Waals surface area contributed by atoms with Crippen LogP contribution in [0.5, 0.6) is 0 Å². The van der Waals surface area contributed by atoms with E-state index in [1.54, 1.807) is 0 Å². The van der Waals surface area contributed by atoms with Crippen molar-refractivity contribution in [3.63, 3.8) is 0 Å². The molecule has 2 N–H and O–H groups in total. The van der Waals surface area contributed by atoms with Crippen molar-refractivity contribution in [2.24, 2.45) is 0 Å². The summed E-state index contributed by atoms with van der Waals surface area (Å²) in [6.45, 7) is 0.907. The molecule has 2 amide bonds. The maximum Gasteiger partial charge on any atom is 0.416 e. The Bertz CT molecular complexity index is 742. The summed E-state index contributed by atoms with van der Waals surface area (Å²) in [7, 11) is 0. The molecular formula is C18H21F3N2O4. The molecule has 3 rings (SSSR count). The van der Waals surface area contributed by atoms with Gasteiger partial charge in [-0.2, -0.15) is 13.2 Å². The molecule has 2 aliphatic rings. The molecule has 1 heterocycles. The highest BCUT2D eigenvalue weighted by Crippen LogP contribution is 2.46. The Morgan fingerprint density at radius 2 is 1.96 bits per heavy atom. The quantitative estimate of drug-likeness (QED) is 0.833. The van der Waals surface area contributed by atoms with Crippen LogP contribution in [0.2, 0.25) is 0 Å². The predicted octanol–water partition coefficient (Wildman–Crippen LogP) is 3.51. The maximum atomic E-state index is 12.8. The van der Waals surface area contributed by atoms with E-state index in [0.29, 0.717) is 12.8 Å². The van der Waals surface area contributed by atoms with E-state index in [0.717, 1.165) is 36.3 Å². The van der Waals surface area contributed by atoms with E-state index in [2.05, 4.69) is 5.32 Å². The smallest absolute Gasteiger partial charge is 0.416 e. The van der Waals surface area contributed by atoms with Crippen LogP contribution in [0.4, 0.5) is 23.7 Å². The first-order valence-corrected chi connectivity index (χ1v) is 8.75. The van der Waals surface area contributed by atoms with Crippen LogP contribution in [0.25, 0.3) is 0 Å². The Morgan fingerprint density at radius 1 is 1.30 bits per heavy atom. The highest BCUT2D eigenvalue weighted by Gasteiger charge is 2.62. The van der Waals surface area contributed by atoms with Gasteiger partial charge in [0.15, 0.2) is 11.3 Å². The lowest BCUT2D eigenvalue weighted by Gasteiger charge is -2.41. The first-order chi connectivity index (χ1) is 12.6. The van der Waals surface area contributed by atoms with Crippen LogP contribution in [0, 0.1) is 0 Å². The Kier molecular flexibility index (Phi) is 4.83. The molecule has 6 nitrogen and oxygen atoms in total. The van der Waals surface area contributed by atoms with E-state index in [9.17, 15) is 27.9 Å². The number of alkyl halides is 3. The van der Waals surface area contributed by atoms with Crippen LogP contribution in [-0.2, 0) is 15.7 Å². The molecule has 0 aromatic heterocycles. The van der Waals surface area contributed by atoms with Crippen molar-refractivity contribution in [3.05, 3.63) is 29.8 Å². The third-order valence-electron chi connectivity index (χ3n) is 5.33. The number of hydrogen-bond acceptors (Lipinski definition) is 4. The highest BCUT2D eigenvalue weighted by molar-refractivity contribution is 5.94. The van der Waals surface area contributed by atoms with Crippen LogP contribution < -0.4 is 5.32 Å². The van der Waals surface area contributed by atoms with Crippen molar-refractivity contribution in [3.8, 4) is 0 Å². The minimum atomic E-state index is -4.53. The maximum absolute atomic E-state index is 12.8. The van der Waals surface area contributed by atoms with E-state index in [4.69, 9.17) is 4.74 Å². The Labute approximate surface area is 154 Å². The molecule has 1 aliphatic carbocycles. The summed E-state index contributed by atoms with van der Waals surface area (Å²) >= 11 is 0. The van der Waals surface area contributed by atoms with E-state index < -0.39 is 41.6 Å². The standard InChI is InChI=1S/C18H21F3N2O4/c1-16(26)17(8-3-2-4-9-17)27-15(25)23(16)11-14(24)22-13-7-5-6-12(10-13)18(19,20)21/h5-7,10,26H,2-4,8-9,11H2,1H3,(H,22,24). The lowest BCUT2D eigenvalue weighted by atomic mass is 9.77. The Hall–Kier alpha value is -2.29. The second kappa shape index (κ2) is 6.70. The van der Waals surface area contributed by atoms with Crippen molar-refractivity contribution in [1.29, 1.82) is 0 Å². The number of carbonyl (C=O) groups excluding carboxylic acids is 2. The SMILES string of the molecule is CC1(O)N(CC(=O)Nc2cccc(C(F)(F)F)c2)C(=O)OC12CCCCC2. The summed E-state index contributed by atoms with van der Waals surface area (Å²) in [5.74, 6) is -0.723. The largest absolute Gasteiger partial charge is 0.438 e. The third-order valence-corrected chi connectivity index (χ3v) is 5.33. The molecule has 148 valence electrons. The molecule has 9 heteroatoms. The third kappa shape index (κ3) is 3.60. The van der Waals surface area contributed by atoms with Crippen LogP contribution >= 0.6 is 0 Å². The molecule has 1 spiro atoms. The number of halogens is 3. The topological polar surface area (TPSA) is 78.9 Å². The van der Waals surface area contributed by atoms with Crippen LogP contribution in [-0.4, -0.2) is 39.9 Å². The number of rotatable bonds is 3. The number of hydrogen-bond donors (Lipinski definition) is 2. The molecule has 1 saturated carbocycles. The van der Waals surface area contributed by atoms with Crippen LogP contribution in [0.1, 0.15) is 44.6 Å². The van der Waals surface area contributed by atoms with Crippen molar-refractivity contribution in [2.45, 2.75) is 56.5 Å². The molecule has 0 bridgehead atoms. The molecule has 0 radical (unpaired) electrons. The van der Waals surface area contributed by atoms with Crippen molar-refractivity contribution in [1.82, 2.24) is 4.90 Å². The van der Waals surface area contributed by atoms with Crippen LogP contribution in [0.3, 0.4) is 0 Å². The summed E-state index contributed by atoms with van der Waals surface area (Å²) in [5, 5.41) is 13.2. The summed E-state index contributed by atoms with van der Waals surface area (Å²) in [4.78, 5) is 25.5. The number of carbonyl (C=O) groups is 2. The number of anilines is 1. The summed E-state index contributed by atoms with van der Waals surface area (Å²) in [6, 6.07) is 4.19. The average Bonchev–Trinajstić information content (AvgIpc) is 2.75. The van der Waals surface area contributed by atoms with Gasteiger partial charge in [0, 0.05) is 5.69 Å². The number of nitrogens with one attached hydrogen (secondary N) is 1. The first kappa shape index (κ1) is 19.5. The molecule has 1 aromatic carbocycles. The molecule has 2 fully saturated rings. The van der Waals surface area contributed by atoms with Gasteiger partial charge >= 0.3 is 12.3 Å². The fourth-order valence-corrected chi connectivity index (χ4v) is 3.78. The van der Waals surface area contributed by atoms with Crippen molar-refractivity contribution in [2.75, 3.05) is 11.9 Å². The van der Waals surface area contributed by atoms with E-state index in [1.165, 1.54) is 19.1 Å². The fourth-order valence-electron chi connectivity index (χ4n) is 3.78. The number of nitrogens with zero attached hydrogens (tertiary/aromatic N) is 1. The van der Waals surface area contributed by atoms with Gasteiger partial charge in [0.25, 0.3) is 0 Å². The van der Waals surface area contributed by atoms with Gasteiger partial charge in [0.05, 0.1) is 5.56 Å². The van der Waals surface area contributed by atoms with Gasteiger partial charge in [-0.05, 0) is 50.8 Å². The van der Waals surface area contributed by atoms with Crippen molar-refractivity contribution >= 4 is 17.7 Å². The zero-order chi connectivity index (χ0) is 19.9. The molecule has 1 aromatic rings. The Morgan fingerprint density at radius 3 is 2.59 bits per heavy atom.